The number of para-hydroxylation sites is 2. The number of hydrogen-bond acceptors (Lipinski definition) is 5. The Labute approximate surface area is 846 Å². The highest BCUT2D eigenvalue weighted by molar-refractivity contribution is 6.30. The van der Waals surface area contributed by atoms with Gasteiger partial charge in [-0.2, -0.15) is 5.26 Å². The molecule has 0 saturated heterocycles. The first-order chi connectivity index (χ1) is 72.1. The largest absolute Gasteiger partial charge is 0.311 e. The highest BCUT2D eigenvalue weighted by atomic mass is 19.2. The molecule has 148 heavy (non-hydrogen) atoms. The van der Waals surface area contributed by atoms with Crippen molar-refractivity contribution >= 4 is 139 Å². The summed E-state index contributed by atoms with van der Waals surface area (Å²) >= 11 is 0. The van der Waals surface area contributed by atoms with E-state index in [1.54, 1.807) is 121 Å². The summed E-state index contributed by atoms with van der Waals surface area (Å²) in [6.07, 6.45) is 0. The van der Waals surface area contributed by atoms with Crippen molar-refractivity contribution in [3.8, 4) is 95.1 Å². The molecule has 0 atom stereocenters. The molecule has 0 fully saturated rings. The number of nitrogens with zero attached hydrogens (tertiary/aromatic N) is 6. The van der Waals surface area contributed by atoms with Gasteiger partial charge >= 0.3 is 0 Å². The average Bonchev–Trinajstić information content (AvgIpc) is 0.717. The van der Waals surface area contributed by atoms with E-state index in [4.69, 9.17) is 6.57 Å². The molecule has 0 aliphatic heterocycles. The Morgan fingerprint density at radius 2 is 0.432 bits per heavy atom. The first-order valence-electron chi connectivity index (χ1n) is 47.9. The van der Waals surface area contributed by atoms with Crippen molar-refractivity contribution in [1.29, 1.82) is 5.26 Å². The van der Waals surface area contributed by atoms with Crippen molar-refractivity contribution in [2.75, 3.05) is 19.6 Å². The molecule has 0 amide bonds. The second kappa shape index (κ2) is 38.6. The summed E-state index contributed by atoms with van der Waals surface area (Å²) in [5.41, 5.74) is 22.3. The summed E-state index contributed by atoms with van der Waals surface area (Å²) in [6.45, 7) is 11.7. The fraction of sp³-hybridized carbons (Fsp3) is 0.0152. The van der Waals surface area contributed by atoms with Crippen LogP contribution in [0.2, 0.25) is 0 Å². The predicted octanol–water partition coefficient (Wildman–Crippen LogP) is 38.8. The van der Waals surface area contributed by atoms with Gasteiger partial charge in [-0.3, -0.25) is 0 Å². The van der Waals surface area contributed by atoms with Crippen LogP contribution in [-0.4, -0.2) is 0 Å². The van der Waals surface area contributed by atoms with E-state index in [9.17, 15) is 40.4 Å². The Kier molecular flexibility index (Phi) is 24.1. The number of rotatable bonds is 20. The maximum absolute atomic E-state index is 16.8. The van der Waals surface area contributed by atoms with Crippen LogP contribution in [0.25, 0.3) is 158 Å². The Bertz CT molecular complexity index is 8540. The highest BCUT2D eigenvalue weighted by Gasteiger charge is 2.31. The van der Waals surface area contributed by atoms with Crippen LogP contribution >= 0.6 is 0 Å². The first kappa shape index (κ1) is 92.5. The summed E-state index contributed by atoms with van der Waals surface area (Å²) in [7, 11) is 0. The summed E-state index contributed by atoms with van der Waals surface area (Å²) < 4.78 is 149. The van der Waals surface area contributed by atoms with Crippen LogP contribution < -0.4 is 19.6 Å². The smallest absolute Gasteiger partial charge is 0.189 e. The molecule has 0 spiro atoms. The standard InChI is InChI=1S/C66H42F6N2.C66H38F4N4/c1-39-5-3-7-59(71)65(39)73(55-35-47(41-9-21-51(67)22-10-41)33-48(36-55)42-11-23-52(68)24-12-42)61-31-19-45-18-30-58-62(32-20-46-17-29-57(61)63(45)64(46)58)74(66-40(2)6-4-8-60(66)72)56-37-49(43-13-25-53(69)26-14-43)34-50(38-56)44-15-27-54(70)28-16-44;1-72-56-5-3-7-58(39-56)74(60-37-50(44-12-24-54(69)25-13-44)34-51(38-60)45-14-26-55(70)27-15-45)64-31-19-47-16-28-61-63(30-18-46-17-29-62(64)66(47)65(46)61)73(57-6-2-4-41(32-57)40-71)59-35-48(42-8-20-52(67)21-9-42)33-49(36-59)43-10-22-53(68)23-11-43/h3-38H,1-2H3;2-39H. The minimum Gasteiger partial charge on any atom is -0.311 e. The molecule has 24 aromatic carbocycles. The molecule has 16 heteroatoms. The second-order valence-corrected chi connectivity index (χ2v) is 36.8. The summed E-state index contributed by atoms with van der Waals surface area (Å²) in [4.78, 5) is 11.9. The summed E-state index contributed by atoms with van der Waals surface area (Å²) in [5.74, 6) is -3.87. The van der Waals surface area contributed by atoms with Gasteiger partial charge in [-0.1, -0.05) is 212 Å². The third kappa shape index (κ3) is 17.7. The van der Waals surface area contributed by atoms with Gasteiger partial charge in [-0.05, 0) is 394 Å². The van der Waals surface area contributed by atoms with Gasteiger partial charge in [0.05, 0.1) is 52.3 Å². The lowest BCUT2D eigenvalue weighted by Crippen LogP contribution is -2.15. The van der Waals surface area contributed by atoms with Crippen LogP contribution in [0.3, 0.4) is 0 Å². The fourth-order valence-electron chi connectivity index (χ4n) is 20.6. The molecular formula is C132H80F10N6. The molecule has 0 radical (unpaired) electrons. The van der Waals surface area contributed by atoms with Crippen LogP contribution in [0.1, 0.15) is 16.7 Å². The number of nitriles is 1. The van der Waals surface area contributed by atoms with Gasteiger partial charge in [0, 0.05) is 55.7 Å². The normalized spacial score (nSPS) is 11.4. The minimum absolute atomic E-state index is 0.323. The van der Waals surface area contributed by atoms with Crippen molar-refractivity contribution in [2.24, 2.45) is 0 Å². The lowest BCUT2D eigenvalue weighted by molar-refractivity contribution is 0.627. The van der Waals surface area contributed by atoms with Gasteiger partial charge in [-0.15, -0.1) is 0 Å². The maximum Gasteiger partial charge on any atom is 0.189 e. The van der Waals surface area contributed by atoms with Gasteiger partial charge < -0.3 is 19.6 Å². The van der Waals surface area contributed by atoms with E-state index in [2.05, 4.69) is 69.2 Å². The quantitative estimate of drug-likeness (QED) is 0.0432. The number of anilines is 12. The summed E-state index contributed by atoms with van der Waals surface area (Å²) in [6, 6.07) is 134. The molecule has 708 valence electrons. The van der Waals surface area contributed by atoms with Crippen molar-refractivity contribution in [1.82, 2.24) is 0 Å². The van der Waals surface area contributed by atoms with Gasteiger partial charge in [0.2, 0.25) is 0 Å². The molecule has 0 aliphatic carbocycles. The SMILES string of the molecule is Cc1cccc(F)c1N(c1cc(-c2ccc(F)cc2)cc(-c2ccc(F)cc2)c1)c1ccc2ccc3c(N(c4cc(-c5ccc(F)cc5)cc(-c5ccc(F)cc5)c4)c4c(C)cccc4F)ccc4ccc1c2c43.[C-]#[N+]c1cccc(N(c2cc(-c3ccc(F)cc3)cc(-c3ccc(F)cc3)c2)c2ccc3ccc4c(N(c5cccc(C#N)c5)c5cc(-c6ccc(F)cc6)cc(-c6ccc(F)cc6)c5)ccc5ccc2c3c54)c1. The lowest BCUT2D eigenvalue weighted by atomic mass is 9.91. The molecule has 0 aromatic heterocycles. The zero-order valence-electron chi connectivity index (χ0n) is 79.2. The van der Waals surface area contributed by atoms with E-state index in [-0.39, 0.29) is 46.5 Å². The van der Waals surface area contributed by atoms with Crippen LogP contribution in [-0.2, 0) is 0 Å². The van der Waals surface area contributed by atoms with Crippen LogP contribution in [0.4, 0.5) is 118 Å². The zero-order chi connectivity index (χ0) is 101. The Morgan fingerprint density at radius 1 is 0.209 bits per heavy atom. The minimum atomic E-state index is -0.452. The fourth-order valence-corrected chi connectivity index (χ4v) is 20.6. The third-order valence-corrected chi connectivity index (χ3v) is 27.6. The molecule has 0 aliphatic rings. The average molecular weight is 1940 g/mol. The zero-order valence-corrected chi connectivity index (χ0v) is 79.2. The van der Waals surface area contributed by atoms with Crippen molar-refractivity contribution < 1.29 is 43.9 Å². The molecule has 0 bridgehead atoms. The molecule has 24 rings (SSSR count). The molecule has 24 aromatic rings. The second-order valence-electron chi connectivity index (χ2n) is 36.8. The van der Waals surface area contributed by atoms with Crippen LogP contribution in [0, 0.1) is 89.9 Å². The van der Waals surface area contributed by atoms with E-state index in [1.807, 2.05) is 194 Å². The molecule has 0 saturated carbocycles. The predicted molar refractivity (Wildman–Crippen MR) is 583 cm³/mol. The van der Waals surface area contributed by atoms with E-state index in [1.165, 1.54) is 109 Å². The van der Waals surface area contributed by atoms with Gasteiger partial charge in [-0.25, -0.2) is 48.7 Å². The Balaban J connectivity index is 0.000000163. The van der Waals surface area contributed by atoms with Crippen molar-refractivity contribution in [3.05, 3.63) is 535 Å². The Morgan fingerprint density at radius 3 is 0.676 bits per heavy atom. The van der Waals surface area contributed by atoms with E-state index in [0.29, 0.717) is 56.5 Å². The third-order valence-electron chi connectivity index (χ3n) is 27.6. The molecule has 0 N–H and O–H groups in total. The van der Waals surface area contributed by atoms with Gasteiger partial charge in [0.25, 0.3) is 0 Å². The molecular weight excluding hydrogens is 1860 g/mol. The topological polar surface area (TPSA) is 41.1 Å². The van der Waals surface area contributed by atoms with Gasteiger partial charge in [0.15, 0.2) is 5.69 Å². The molecule has 6 nitrogen and oxygen atoms in total. The Hall–Kier alpha value is -19.2. The van der Waals surface area contributed by atoms with Gasteiger partial charge in [0.1, 0.15) is 58.2 Å². The molecule has 0 heterocycles. The number of hydrogen-bond donors (Lipinski definition) is 0. The maximum atomic E-state index is 16.8. The van der Waals surface area contributed by atoms with E-state index >= 15 is 8.78 Å². The number of halogens is 10. The van der Waals surface area contributed by atoms with Crippen molar-refractivity contribution in [2.45, 2.75) is 13.8 Å². The number of aryl methyl sites for hydroxylation is 2. The van der Waals surface area contributed by atoms with Crippen molar-refractivity contribution in [3.63, 3.8) is 0 Å². The first-order valence-corrected chi connectivity index (χ1v) is 47.9. The monoisotopic (exact) mass is 1940 g/mol. The molecule has 0 unspecified atom stereocenters. The van der Waals surface area contributed by atoms with E-state index < -0.39 is 11.6 Å². The highest BCUT2D eigenvalue weighted by Crippen LogP contribution is 2.55. The lowest BCUT2D eigenvalue weighted by Gasteiger charge is -2.31. The van der Waals surface area contributed by atoms with E-state index in [0.717, 1.165) is 188 Å². The summed E-state index contributed by atoms with van der Waals surface area (Å²) in [5, 5.41) is 21.3. The van der Waals surface area contributed by atoms with Crippen LogP contribution in [0.15, 0.2) is 449 Å². The van der Waals surface area contributed by atoms with Crippen LogP contribution in [0.5, 0.6) is 0 Å². The number of benzene rings is 24.